The first-order valence-corrected chi connectivity index (χ1v) is 8.06. The van der Waals surface area contributed by atoms with E-state index in [0.29, 0.717) is 0 Å². The first kappa shape index (κ1) is 14.1. The summed E-state index contributed by atoms with van der Waals surface area (Å²) in [4.78, 5) is 0. The van der Waals surface area contributed by atoms with Gasteiger partial charge in [0.25, 0.3) is 0 Å². The Balaban J connectivity index is 1.87. The maximum atomic E-state index is 6.64. The van der Waals surface area contributed by atoms with E-state index >= 15 is 0 Å². The van der Waals surface area contributed by atoms with Crippen molar-refractivity contribution in [2.75, 3.05) is 13.1 Å². The van der Waals surface area contributed by atoms with Gasteiger partial charge in [-0.25, -0.2) is 0 Å². The lowest BCUT2D eigenvalue weighted by Crippen LogP contribution is -2.52. The minimum absolute atomic E-state index is 0.102. The fraction of sp³-hybridized carbons (Fsp3) is 0.667. The van der Waals surface area contributed by atoms with Crippen molar-refractivity contribution in [1.29, 1.82) is 0 Å². The van der Waals surface area contributed by atoms with E-state index in [9.17, 15) is 0 Å². The molecule has 1 aromatic rings. The molecule has 2 nitrogen and oxygen atoms in total. The molecule has 2 fully saturated rings. The van der Waals surface area contributed by atoms with E-state index in [1.165, 1.54) is 54.4 Å². The summed E-state index contributed by atoms with van der Waals surface area (Å²) in [6.07, 6.45) is 6.68. The number of morpholine rings is 1. The van der Waals surface area contributed by atoms with Gasteiger partial charge in [-0.3, -0.25) is 0 Å². The van der Waals surface area contributed by atoms with E-state index in [1.54, 1.807) is 0 Å². The third kappa shape index (κ3) is 2.64. The highest BCUT2D eigenvalue weighted by Gasteiger charge is 2.39. The third-order valence-corrected chi connectivity index (χ3v) is 4.99. The minimum atomic E-state index is 0.102. The van der Waals surface area contributed by atoms with Crippen molar-refractivity contribution in [1.82, 2.24) is 5.32 Å². The van der Waals surface area contributed by atoms with Crippen LogP contribution in [0.3, 0.4) is 0 Å². The predicted molar refractivity (Wildman–Crippen MR) is 83.2 cm³/mol. The van der Waals surface area contributed by atoms with Crippen LogP contribution < -0.4 is 5.32 Å². The molecule has 1 unspecified atom stereocenters. The number of aryl methyl sites for hydroxylation is 3. The molecule has 1 N–H and O–H groups in total. The van der Waals surface area contributed by atoms with Crippen molar-refractivity contribution in [2.24, 2.45) is 0 Å². The van der Waals surface area contributed by atoms with Gasteiger partial charge in [-0.15, -0.1) is 0 Å². The Kier molecular flexibility index (Phi) is 3.87. The van der Waals surface area contributed by atoms with Crippen LogP contribution in [0.15, 0.2) is 12.1 Å². The van der Waals surface area contributed by atoms with E-state index in [0.717, 1.165) is 13.1 Å². The summed E-state index contributed by atoms with van der Waals surface area (Å²) in [5.41, 5.74) is 5.61. The lowest BCUT2D eigenvalue weighted by molar-refractivity contribution is -0.136. The van der Waals surface area contributed by atoms with Crippen LogP contribution in [0.4, 0.5) is 0 Å². The Labute approximate surface area is 122 Å². The Morgan fingerprint density at radius 1 is 1.05 bits per heavy atom. The van der Waals surface area contributed by atoms with Crippen LogP contribution >= 0.6 is 0 Å². The Morgan fingerprint density at radius 3 is 2.35 bits per heavy atom. The van der Waals surface area contributed by atoms with Crippen molar-refractivity contribution in [3.8, 4) is 0 Å². The topological polar surface area (TPSA) is 21.3 Å². The molecule has 1 spiro atoms. The molecule has 1 aliphatic carbocycles. The van der Waals surface area contributed by atoms with Crippen LogP contribution in [-0.4, -0.2) is 18.7 Å². The Hall–Kier alpha value is -0.860. The summed E-state index contributed by atoms with van der Waals surface area (Å²) in [6, 6.07) is 4.57. The molecule has 1 heterocycles. The highest BCUT2D eigenvalue weighted by molar-refractivity contribution is 5.39. The maximum absolute atomic E-state index is 6.64. The minimum Gasteiger partial charge on any atom is -0.364 e. The number of benzene rings is 1. The molecule has 0 amide bonds. The SMILES string of the molecule is Cc1cc(C)c(C2CNCC3(CCCCC3)O2)c(C)c1. The molecule has 1 aliphatic heterocycles. The van der Waals surface area contributed by atoms with Gasteiger partial charge in [-0.2, -0.15) is 0 Å². The molecule has 0 aromatic heterocycles. The highest BCUT2D eigenvalue weighted by Crippen LogP contribution is 2.39. The van der Waals surface area contributed by atoms with Crippen molar-refractivity contribution in [3.63, 3.8) is 0 Å². The summed E-state index contributed by atoms with van der Waals surface area (Å²) in [7, 11) is 0. The van der Waals surface area contributed by atoms with Gasteiger partial charge < -0.3 is 10.1 Å². The second kappa shape index (κ2) is 5.50. The van der Waals surface area contributed by atoms with Gasteiger partial charge >= 0.3 is 0 Å². The number of nitrogens with one attached hydrogen (secondary N) is 1. The monoisotopic (exact) mass is 273 g/mol. The van der Waals surface area contributed by atoms with Crippen LogP contribution in [0, 0.1) is 20.8 Å². The molecule has 2 heteroatoms. The fourth-order valence-corrected chi connectivity index (χ4v) is 4.17. The zero-order chi connectivity index (χ0) is 14.2. The standard InChI is InChI=1S/C18H27NO/c1-13-9-14(2)17(15(3)10-13)16-11-19-12-18(20-16)7-5-4-6-8-18/h9-10,16,19H,4-8,11-12H2,1-3H3. The lowest BCUT2D eigenvalue weighted by Gasteiger charge is -2.45. The van der Waals surface area contributed by atoms with Gasteiger partial charge in [0, 0.05) is 13.1 Å². The summed E-state index contributed by atoms with van der Waals surface area (Å²) in [6.45, 7) is 8.61. The summed E-state index contributed by atoms with van der Waals surface area (Å²) in [5.74, 6) is 0. The Morgan fingerprint density at radius 2 is 1.70 bits per heavy atom. The maximum Gasteiger partial charge on any atom is 0.0962 e. The zero-order valence-corrected chi connectivity index (χ0v) is 13.1. The molecule has 20 heavy (non-hydrogen) atoms. The summed E-state index contributed by atoms with van der Waals surface area (Å²) < 4.78 is 6.64. The quantitative estimate of drug-likeness (QED) is 0.836. The predicted octanol–water partition coefficient (Wildman–Crippen LogP) is 3.98. The molecular formula is C18H27NO. The normalized spacial score (nSPS) is 25.9. The molecule has 1 aromatic carbocycles. The van der Waals surface area contributed by atoms with E-state index in [1.807, 2.05) is 0 Å². The Bertz CT molecular complexity index is 460. The van der Waals surface area contributed by atoms with Crippen molar-refractivity contribution < 1.29 is 4.74 Å². The second-order valence-corrected chi connectivity index (χ2v) is 6.79. The van der Waals surface area contributed by atoms with Crippen LogP contribution in [0.5, 0.6) is 0 Å². The molecule has 0 bridgehead atoms. The van der Waals surface area contributed by atoms with Crippen LogP contribution in [0.1, 0.15) is 60.5 Å². The van der Waals surface area contributed by atoms with Gasteiger partial charge in [0.1, 0.15) is 0 Å². The average molecular weight is 273 g/mol. The van der Waals surface area contributed by atoms with E-state index < -0.39 is 0 Å². The number of rotatable bonds is 1. The molecule has 1 saturated heterocycles. The van der Waals surface area contributed by atoms with Crippen molar-refractivity contribution >= 4 is 0 Å². The second-order valence-electron chi connectivity index (χ2n) is 6.79. The number of ether oxygens (including phenoxy) is 1. The highest BCUT2D eigenvalue weighted by atomic mass is 16.5. The molecule has 2 aliphatic rings. The summed E-state index contributed by atoms with van der Waals surface area (Å²) in [5, 5.41) is 3.64. The number of hydrogen-bond donors (Lipinski definition) is 1. The fourth-order valence-electron chi connectivity index (χ4n) is 4.17. The molecule has 110 valence electrons. The van der Waals surface area contributed by atoms with Gasteiger partial charge in [0.05, 0.1) is 11.7 Å². The molecule has 1 atom stereocenters. The average Bonchev–Trinajstić information content (AvgIpc) is 2.38. The zero-order valence-electron chi connectivity index (χ0n) is 13.1. The third-order valence-electron chi connectivity index (χ3n) is 4.99. The van der Waals surface area contributed by atoms with E-state index in [2.05, 4.69) is 38.2 Å². The van der Waals surface area contributed by atoms with Crippen LogP contribution in [0.2, 0.25) is 0 Å². The molecule has 3 rings (SSSR count). The smallest absolute Gasteiger partial charge is 0.0962 e. The number of hydrogen-bond acceptors (Lipinski definition) is 2. The molecular weight excluding hydrogens is 246 g/mol. The van der Waals surface area contributed by atoms with Gasteiger partial charge in [-0.1, -0.05) is 37.0 Å². The van der Waals surface area contributed by atoms with Gasteiger partial charge in [0.15, 0.2) is 0 Å². The largest absolute Gasteiger partial charge is 0.364 e. The van der Waals surface area contributed by atoms with E-state index in [4.69, 9.17) is 4.74 Å². The molecule has 0 radical (unpaired) electrons. The summed E-state index contributed by atoms with van der Waals surface area (Å²) >= 11 is 0. The van der Waals surface area contributed by atoms with Gasteiger partial charge in [-0.05, 0) is 50.3 Å². The van der Waals surface area contributed by atoms with Gasteiger partial charge in [0.2, 0.25) is 0 Å². The van der Waals surface area contributed by atoms with Crippen molar-refractivity contribution in [3.05, 3.63) is 34.4 Å². The van der Waals surface area contributed by atoms with Crippen LogP contribution in [0.25, 0.3) is 0 Å². The lowest BCUT2D eigenvalue weighted by atomic mass is 9.82. The first-order valence-electron chi connectivity index (χ1n) is 8.06. The molecule has 1 saturated carbocycles. The first-order chi connectivity index (χ1) is 9.60. The van der Waals surface area contributed by atoms with Crippen molar-refractivity contribution in [2.45, 2.75) is 64.6 Å². The van der Waals surface area contributed by atoms with E-state index in [-0.39, 0.29) is 11.7 Å². The van der Waals surface area contributed by atoms with Crippen LogP contribution in [-0.2, 0) is 4.74 Å².